The van der Waals surface area contributed by atoms with Gasteiger partial charge in [0.25, 0.3) is 5.56 Å². The highest BCUT2D eigenvalue weighted by Crippen LogP contribution is 2.35. The number of ether oxygens (including phenoxy) is 2. The lowest BCUT2D eigenvalue weighted by atomic mass is 9.89. The van der Waals surface area contributed by atoms with Crippen molar-refractivity contribution in [3.8, 4) is 5.75 Å². The Hall–Kier alpha value is -2.67. The molecule has 0 amide bonds. The van der Waals surface area contributed by atoms with Crippen LogP contribution in [0.4, 0.5) is 0 Å². The van der Waals surface area contributed by atoms with Crippen molar-refractivity contribution in [3.63, 3.8) is 0 Å². The van der Waals surface area contributed by atoms with Crippen LogP contribution < -0.4 is 10.3 Å². The molecule has 2 aliphatic rings. The summed E-state index contributed by atoms with van der Waals surface area (Å²) in [5, 5.41) is 0.712. The van der Waals surface area contributed by atoms with Gasteiger partial charge in [-0.25, -0.2) is 4.98 Å². The van der Waals surface area contributed by atoms with Crippen molar-refractivity contribution >= 4 is 27.5 Å². The maximum Gasteiger partial charge on any atom is 0.313 e. The number of para-hydroxylation sites is 1. The number of hydrogen-bond donors (Lipinski definition) is 1. The number of nitrogens with zero attached hydrogens (tertiary/aromatic N) is 1. The fourth-order valence-electron chi connectivity index (χ4n) is 4.20. The molecule has 150 valence electrons. The number of carbonyl (C=O) groups excluding carboxylic acids is 1. The Bertz CT molecular complexity index is 1150. The number of H-pyrrole nitrogens is 1. The summed E-state index contributed by atoms with van der Waals surface area (Å²) >= 11 is 1.59. The second-order valence-corrected chi connectivity index (χ2v) is 9.06. The minimum Gasteiger partial charge on any atom is -0.492 e. The van der Waals surface area contributed by atoms with E-state index in [0.717, 1.165) is 41.0 Å². The zero-order valence-electron chi connectivity index (χ0n) is 16.2. The lowest BCUT2D eigenvalue weighted by Crippen LogP contribution is -2.30. The monoisotopic (exact) mass is 410 g/mol. The fraction of sp³-hybridized carbons (Fsp3) is 0.409. The van der Waals surface area contributed by atoms with Crippen LogP contribution in [-0.4, -0.2) is 22.5 Å². The number of carbonyl (C=O) groups is 1. The Morgan fingerprint density at radius 1 is 1.34 bits per heavy atom. The summed E-state index contributed by atoms with van der Waals surface area (Å²) in [5.41, 5.74) is 2.02. The van der Waals surface area contributed by atoms with Crippen LogP contribution in [0.2, 0.25) is 0 Å². The van der Waals surface area contributed by atoms with E-state index in [9.17, 15) is 9.59 Å². The summed E-state index contributed by atoms with van der Waals surface area (Å²) in [7, 11) is 0. The molecule has 2 atom stereocenters. The number of aromatic nitrogens is 2. The maximum atomic E-state index is 12.6. The van der Waals surface area contributed by atoms with Crippen molar-refractivity contribution in [1.29, 1.82) is 0 Å². The van der Waals surface area contributed by atoms with Gasteiger partial charge in [0.1, 0.15) is 29.6 Å². The van der Waals surface area contributed by atoms with Crippen LogP contribution in [0.15, 0.2) is 29.1 Å². The van der Waals surface area contributed by atoms with Crippen molar-refractivity contribution in [2.45, 2.75) is 39.2 Å². The van der Waals surface area contributed by atoms with E-state index in [1.165, 1.54) is 4.88 Å². The number of rotatable bonds is 3. The first kappa shape index (κ1) is 18.4. The highest BCUT2D eigenvalue weighted by atomic mass is 32.1. The molecule has 0 fully saturated rings. The Labute approximate surface area is 171 Å². The first-order valence-corrected chi connectivity index (χ1v) is 10.8. The van der Waals surface area contributed by atoms with Crippen LogP contribution in [0.25, 0.3) is 10.2 Å². The van der Waals surface area contributed by atoms with Crippen LogP contribution >= 0.6 is 11.3 Å². The molecule has 1 aliphatic heterocycles. The second-order valence-electron chi connectivity index (χ2n) is 7.97. The molecule has 2 aromatic heterocycles. The van der Waals surface area contributed by atoms with E-state index in [4.69, 9.17) is 9.47 Å². The Balaban J connectivity index is 1.31. The number of thiophene rings is 1. The first-order valence-electron chi connectivity index (χ1n) is 9.99. The second kappa shape index (κ2) is 7.30. The highest BCUT2D eigenvalue weighted by molar-refractivity contribution is 7.18. The standard InChI is InChI=1S/C22H22N2O4S/c1-12-6-7-15-17(8-12)29-21-19(15)20(25)23-18(24-21)11-28-22(26)14-9-13-4-2-3-5-16(13)27-10-14/h2-5,12,14H,6-11H2,1H3,(H,23,24,25)/t12-,14+/m0/s1. The molecule has 0 bridgehead atoms. The molecule has 1 N–H and O–H groups in total. The maximum absolute atomic E-state index is 12.6. The molecular weight excluding hydrogens is 388 g/mol. The van der Waals surface area contributed by atoms with Crippen LogP contribution in [0.1, 0.15) is 35.2 Å². The SMILES string of the molecule is C[C@H]1CCc2c(sc3nc(COC(=O)[C@H]4COc5ccccc5C4)[nH]c(=O)c23)C1. The fourth-order valence-corrected chi connectivity index (χ4v) is 5.60. The van der Waals surface area contributed by atoms with Crippen LogP contribution in [-0.2, 0) is 35.4 Å². The topological polar surface area (TPSA) is 81.3 Å². The highest BCUT2D eigenvalue weighted by Gasteiger charge is 2.28. The van der Waals surface area contributed by atoms with E-state index in [0.29, 0.717) is 30.2 Å². The number of aromatic amines is 1. The molecule has 0 radical (unpaired) electrons. The quantitative estimate of drug-likeness (QED) is 0.670. The van der Waals surface area contributed by atoms with Gasteiger partial charge in [0.15, 0.2) is 0 Å². The van der Waals surface area contributed by atoms with E-state index in [1.54, 1.807) is 11.3 Å². The van der Waals surface area contributed by atoms with E-state index in [-0.39, 0.29) is 24.1 Å². The van der Waals surface area contributed by atoms with E-state index >= 15 is 0 Å². The Morgan fingerprint density at radius 3 is 3.10 bits per heavy atom. The van der Waals surface area contributed by atoms with Gasteiger partial charge in [-0.1, -0.05) is 25.1 Å². The van der Waals surface area contributed by atoms with E-state index in [1.807, 2.05) is 24.3 Å². The van der Waals surface area contributed by atoms with Crippen molar-refractivity contribution in [3.05, 3.63) is 56.4 Å². The van der Waals surface area contributed by atoms with Gasteiger partial charge in [-0.05, 0) is 48.8 Å². The van der Waals surface area contributed by atoms with Gasteiger partial charge in [0, 0.05) is 4.88 Å². The zero-order chi connectivity index (χ0) is 20.0. The number of benzene rings is 1. The third-order valence-corrected chi connectivity index (χ3v) is 6.93. The summed E-state index contributed by atoms with van der Waals surface area (Å²) in [6, 6.07) is 7.71. The van der Waals surface area contributed by atoms with Gasteiger partial charge in [0.2, 0.25) is 0 Å². The molecule has 7 heteroatoms. The lowest BCUT2D eigenvalue weighted by Gasteiger charge is -2.23. The molecule has 0 saturated heterocycles. The predicted octanol–water partition coefficient (Wildman–Crippen LogP) is 3.40. The molecular formula is C22H22N2O4S. The molecule has 5 rings (SSSR count). The van der Waals surface area contributed by atoms with Crippen molar-refractivity contribution in [2.75, 3.05) is 6.61 Å². The number of esters is 1. The third kappa shape index (κ3) is 3.44. The molecule has 0 spiro atoms. The normalized spacial score (nSPS) is 20.6. The number of aryl methyl sites for hydroxylation is 1. The van der Waals surface area contributed by atoms with Crippen molar-refractivity contribution < 1.29 is 14.3 Å². The molecule has 29 heavy (non-hydrogen) atoms. The predicted molar refractivity (Wildman–Crippen MR) is 110 cm³/mol. The van der Waals surface area contributed by atoms with E-state index < -0.39 is 0 Å². The third-order valence-electron chi connectivity index (χ3n) is 5.78. The number of hydrogen-bond acceptors (Lipinski definition) is 6. The summed E-state index contributed by atoms with van der Waals surface area (Å²) in [5.74, 6) is 1.17. The molecule has 0 saturated carbocycles. The minimum absolute atomic E-state index is 0.0405. The van der Waals surface area contributed by atoms with Gasteiger partial charge >= 0.3 is 5.97 Å². The Kier molecular flexibility index (Phi) is 4.62. The Morgan fingerprint density at radius 2 is 2.21 bits per heavy atom. The van der Waals surface area contributed by atoms with Gasteiger partial charge in [-0.3, -0.25) is 9.59 Å². The molecule has 3 heterocycles. The minimum atomic E-state index is -0.351. The van der Waals surface area contributed by atoms with E-state index in [2.05, 4.69) is 16.9 Å². The largest absolute Gasteiger partial charge is 0.492 e. The smallest absolute Gasteiger partial charge is 0.313 e. The summed E-state index contributed by atoms with van der Waals surface area (Å²) in [4.78, 5) is 34.5. The number of fused-ring (bicyclic) bond motifs is 4. The average molecular weight is 410 g/mol. The van der Waals surface area contributed by atoms with Gasteiger partial charge in [0.05, 0.1) is 11.3 Å². The number of nitrogens with one attached hydrogen (secondary N) is 1. The summed E-state index contributed by atoms with van der Waals surface area (Å²) in [6.45, 7) is 2.50. The average Bonchev–Trinajstić information content (AvgIpc) is 3.09. The zero-order valence-corrected chi connectivity index (χ0v) is 17.0. The lowest BCUT2D eigenvalue weighted by molar-refractivity contribution is -0.151. The molecule has 1 aromatic carbocycles. The summed E-state index contributed by atoms with van der Waals surface area (Å²) in [6.07, 6.45) is 3.63. The van der Waals surface area contributed by atoms with Gasteiger partial charge < -0.3 is 14.5 Å². The summed E-state index contributed by atoms with van der Waals surface area (Å²) < 4.78 is 11.1. The van der Waals surface area contributed by atoms with Crippen LogP contribution in [0.3, 0.4) is 0 Å². The van der Waals surface area contributed by atoms with Crippen molar-refractivity contribution in [1.82, 2.24) is 9.97 Å². The molecule has 6 nitrogen and oxygen atoms in total. The molecule has 3 aromatic rings. The van der Waals surface area contributed by atoms with Crippen LogP contribution in [0, 0.1) is 11.8 Å². The first-order chi connectivity index (χ1) is 14.1. The van der Waals surface area contributed by atoms with Crippen molar-refractivity contribution in [2.24, 2.45) is 11.8 Å². The van der Waals surface area contributed by atoms with Crippen LogP contribution in [0.5, 0.6) is 5.75 Å². The molecule has 0 unspecified atom stereocenters. The molecule has 1 aliphatic carbocycles. The van der Waals surface area contributed by atoms with Gasteiger partial charge in [-0.15, -0.1) is 11.3 Å². The van der Waals surface area contributed by atoms with Gasteiger partial charge in [-0.2, -0.15) is 0 Å².